The molecule has 0 aliphatic carbocycles. The van der Waals surface area contributed by atoms with Crippen molar-refractivity contribution < 1.29 is 0 Å². The van der Waals surface area contributed by atoms with Crippen LogP contribution in [0.2, 0.25) is 18.1 Å². The van der Waals surface area contributed by atoms with Crippen molar-refractivity contribution in [2.45, 2.75) is 58.3 Å². The first-order valence-corrected chi connectivity index (χ1v) is 9.36. The van der Waals surface area contributed by atoms with Crippen LogP contribution in [0.3, 0.4) is 0 Å². The number of rotatable bonds is 5. The van der Waals surface area contributed by atoms with Crippen molar-refractivity contribution in [3.63, 3.8) is 0 Å². The largest absolute Gasteiger partial charge is 0.0677 e. The van der Waals surface area contributed by atoms with Crippen LogP contribution in [-0.4, -0.2) is 8.07 Å². The highest BCUT2D eigenvalue weighted by Crippen LogP contribution is 2.35. The average Bonchev–Trinajstić information content (AvgIpc) is 2.33. The molecule has 0 saturated carbocycles. The summed E-state index contributed by atoms with van der Waals surface area (Å²) >= 11 is 0. The van der Waals surface area contributed by atoms with Crippen molar-refractivity contribution in [3.05, 3.63) is 35.4 Å². The molecule has 0 aromatic heterocycles. The summed E-state index contributed by atoms with van der Waals surface area (Å²) in [6, 6.07) is 13.4. The summed E-state index contributed by atoms with van der Waals surface area (Å²) in [5.41, 5.74) is 3.73. The van der Waals surface area contributed by atoms with Crippen molar-refractivity contribution >= 4 is 8.07 Å². The van der Waals surface area contributed by atoms with Gasteiger partial charge < -0.3 is 0 Å². The summed E-state index contributed by atoms with van der Waals surface area (Å²) in [7, 11) is -1.08. The first-order valence-electron chi connectivity index (χ1n) is 6.66. The number of hydrogen-bond acceptors (Lipinski definition) is 0. The minimum absolute atomic E-state index is 0.799. The first kappa shape index (κ1) is 13.5. The van der Waals surface area contributed by atoms with Crippen molar-refractivity contribution in [3.8, 4) is 0 Å². The van der Waals surface area contributed by atoms with E-state index in [1.54, 1.807) is 5.56 Å². The van der Waals surface area contributed by atoms with Crippen LogP contribution in [0.4, 0.5) is 0 Å². The highest BCUT2D eigenvalue weighted by Gasteiger charge is 2.33. The van der Waals surface area contributed by atoms with E-state index in [0.717, 1.165) is 5.54 Å². The molecule has 1 aromatic rings. The Morgan fingerprint density at radius 2 is 1.38 bits per heavy atom. The molecule has 0 fully saturated rings. The second-order valence-electron chi connectivity index (χ2n) is 5.06. The molecule has 0 spiro atoms. The zero-order chi connectivity index (χ0) is 12.2. The van der Waals surface area contributed by atoms with E-state index in [-0.39, 0.29) is 0 Å². The Balaban J connectivity index is 2.98. The third-order valence-electron chi connectivity index (χ3n) is 4.61. The zero-order valence-corrected chi connectivity index (χ0v) is 12.5. The van der Waals surface area contributed by atoms with Gasteiger partial charge in [-0.15, -0.1) is 0 Å². The standard InChI is InChI=1S/C15H26Si/c1-6-16(7-2,8-3)14(5)15-11-9-13(4)10-12-15/h9-12,14H,6-8H2,1-5H3. The maximum atomic E-state index is 2.45. The van der Waals surface area contributed by atoms with Gasteiger partial charge in [0.1, 0.15) is 0 Å². The Kier molecular flexibility index (Phi) is 4.79. The number of benzene rings is 1. The SMILES string of the molecule is CC[Si](CC)(CC)C(C)c1ccc(C)cc1. The van der Waals surface area contributed by atoms with Gasteiger partial charge in [-0.25, -0.2) is 0 Å². The van der Waals surface area contributed by atoms with Gasteiger partial charge in [-0.1, -0.05) is 75.7 Å². The van der Waals surface area contributed by atoms with E-state index in [0.29, 0.717) is 0 Å². The monoisotopic (exact) mass is 234 g/mol. The second-order valence-corrected chi connectivity index (χ2v) is 10.8. The zero-order valence-electron chi connectivity index (χ0n) is 11.5. The summed E-state index contributed by atoms with van der Waals surface area (Å²) in [5, 5.41) is 0. The normalized spacial score (nSPS) is 13.8. The van der Waals surface area contributed by atoms with Crippen LogP contribution < -0.4 is 0 Å². The van der Waals surface area contributed by atoms with Gasteiger partial charge in [0, 0.05) is 0 Å². The maximum Gasteiger partial charge on any atom is 0.0601 e. The van der Waals surface area contributed by atoms with E-state index in [1.807, 2.05) is 0 Å². The average molecular weight is 234 g/mol. The topological polar surface area (TPSA) is 0 Å². The molecule has 1 aromatic carbocycles. The van der Waals surface area contributed by atoms with Crippen molar-refractivity contribution in [1.82, 2.24) is 0 Å². The minimum atomic E-state index is -1.08. The fourth-order valence-corrected chi connectivity index (χ4v) is 7.11. The van der Waals surface area contributed by atoms with Crippen molar-refractivity contribution in [2.24, 2.45) is 0 Å². The molecular weight excluding hydrogens is 208 g/mol. The van der Waals surface area contributed by atoms with Gasteiger partial charge in [0.15, 0.2) is 0 Å². The quantitative estimate of drug-likeness (QED) is 0.618. The highest BCUT2D eigenvalue weighted by atomic mass is 28.3. The molecule has 0 amide bonds. The van der Waals surface area contributed by atoms with E-state index in [2.05, 4.69) is 58.9 Å². The van der Waals surface area contributed by atoms with E-state index in [1.165, 1.54) is 23.7 Å². The van der Waals surface area contributed by atoms with Crippen LogP contribution in [-0.2, 0) is 0 Å². The van der Waals surface area contributed by atoms with Gasteiger partial charge in [-0.2, -0.15) is 0 Å². The molecular formula is C15H26Si. The molecule has 1 unspecified atom stereocenters. The Morgan fingerprint density at radius 1 is 0.938 bits per heavy atom. The summed E-state index contributed by atoms with van der Waals surface area (Å²) < 4.78 is 0. The Bertz CT molecular complexity index is 300. The van der Waals surface area contributed by atoms with Gasteiger partial charge in [-0.05, 0) is 18.0 Å². The van der Waals surface area contributed by atoms with E-state index in [4.69, 9.17) is 0 Å². The smallest absolute Gasteiger partial charge is 0.0601 e. The van der Waals surface area contributed by atoms with Crippen LogP contribution in [0.15, 0.2) is 24.3 Å². The fourth-order valence-electron chi connectivity index (χ4n) is 2.88. The fraction of sp³-hybridized carbons (Fsp3) is 0.600. The molecule has 1 heteroatoms. The molecule has 0 radical (unpaired) electrons. The third-order valence-corrected chi connectivity index (χ3v) is 11.0. The van der Waals surface area contributed by atoms with Gasteiger partial charge in [0.25, 0.3) is 0 Å². The lowest BCUT2D eigenvalue weighted by Crippen LogP contribution is -2.38. The number of aryl methyl sites for hydroxylation is 1. The summed E-state index contributed by atoms with van der Waals surface area (Å²) in [5.74, 6) is 0. The van der Waals surface area contributed by atoms with Crippen LogP contribution in [0, 0.1) is 6.92 Å². The molecule has 1 rings (SSSR count). The van der Waals surface area contributed by atoms with Gasteiger partial charge in [0.05, 0.1) is 8.07 Å². The van der Waals surface area contributed by atoms with Crippen molar-refractivity contribution in [2.75, 3.05) is 0 Å². The molecule has 0 bridgehead atoms. The third kappa shape index (κ3) is 2.57. The maximum absolute atomic E-state index is 2.45. The molecule has 0 aliphatic rings. The molecule has 0 nitrogen and oxygen atoms in total. The molecule has 1 atom stereocenters. The lowest BCUT2D eigenvalue weighted by atomic mass is 10.1. The predicted octanol–water partition coefficient (Wildman–Crippen LogP) is 5.15. The second kappa shape index (κ2) is 5.67. The molecule has 0 aliphatic heterocycles. The lowest BCUT2D eigenvalue weighted by molar-refractivity contribution is 0.943. The first-order chi connectivity index (χ1) is 7.59. The van der Waals surface area contributed by atoms with E-state index >= 15 is 0 Å². The van der Waals surface area contributed by atoms with Gasteiger partial charge in [0.2, 0.25) is 0 Å². The Labute approximate surface area is 102 Å². The summed E-state index contributed by atoms with van der Waals surface area (Å²) in [6.45, 7) is 11.8. The minimum Gasteiger partial charge on any atom is -0.0677 e. The molecule has 90 valence electrons. The van der Waals surface area contributed by atoms with Gasteiger partial charge in [-0.3, -0.25) is 0 Å². The van der Waals surface area contributed by atoms with E-state index < -0.39 is 8.07 Å². The summed E-state index contributed by atoms with van der Waals surface area (Å²) in [6.07, 6.45) is 0. The summed E-state index contributed by atoms with van der Waals surface area (Å²) in [4.78, 5) is 0. The van der Waals surface area contributed by atoms with Crippen LogP contribution in [0.5, 0.6) is 0 Å². The Hall–Kier alpha value is -0.563. The lowest BCUT2D eigenvalue weighted by Gasteiger charge is -2.35. The van der Waals surface area contributed by atoms with Crippen LogP contribution in [0.1, 0.15) is 44.4 Å². The number of hydrogen-bond donors (Lipinski definition) is 0. The highest BCUT2D eigenvalue weighted by molar-refractivity contribution is 6.80. The predicted molar refractivity (Wildman–Crippen MR) is 76.8 cm³/mol. The molecule has 0 heterocycles. The van der Waals surface area contributed by atoms with Crippen LogP contribution >= 0.6 is 0 Å². The molecule has 16 heavy (non-hydrogen) atoms. The molecule has 0 N–H and O–H groups in total. The van der Waals surface area contributed by atoms with E-state index in [9.17, 15) is 0 Å². The van der Waals surface area contributed by atoms with Gasteiger partial charge >= 0.3 is 0 Å². The van der Waals surface area contributed by atoms with Crippen LogP contribution in [0.25, 0.3) is 0 Å². The molecule has 0 saturated heterocycles. The Morgan fingerprint density at radius 3 is 1.75 bits per heavy atom. The van der Waals surface area contributed by atoms with Crippen molar-refractivity contribution in [1.29, 1.82) is 0 Å².